The topological polar surface area (TPSA) is 34.9 Å². The van der Waals surface area contributed by atoms with E-state index in [1.807, 2.05) is 18.2 Å². The van der Waals surface area contributed by atoms with Crippen LogP contribution in [0, 0.1) is 0 Å². The van der Waals surface area contributed by atoms with Gasteiger partial charge in [-0.3, -0.25) is 9.36 Å². The molecule has 128 valence electrons. The Kier molecular flexibility index (Phi) is 4.71. The van der Waals surface area contributed by atoms with Gasteiger partial charge in [-0.15, -0.1) is 17.9 Å². The van der Waals surface area contributed by atoms with Gasteiger partial charge in [-0.25, -0.2) is 4.98 Å². The van der Waals surface area contributed by atoms with Crippen LogP contribution in [0.15, 0.2) is 46.9 Å². The molecule has 3 nitrogen and oxygen atoms in total. The number of thiophene rings is 1. The Morgan fingerprint density at radius 3 is 2.80 bits per heavy atom. The summed E-state index contributed by atoms with van der Waals surface area (Å²) in [7, 11) is 0. The summed E-state index contributed by atoms with van der Waals surface area (Å²) < 4.78 is 1.72. The first-order valence-electron chi connectivity index (χ1n) is 8.26. The van der Waals surface area contributed by atoms with E-state index < -0.39 is 0 Å². The quantitative estimate of drug-likeness (QED) is 0.347. The van der Waals surface area contributed by atoms with Gasteiger partial charge in [0.05, 0.1) is 11.1 Å². The predicted octanol–water partition coefficient (Wildman–Crippen LogP) is 5.26. The van der Waals surface area contributed by atoms with E-state index in [0.717, 1.165) is 35.2 Å². The van der Waals surface area contributed by atoms with Crippen LogP contribution in [0.2, 0.25) is 5.02 Å². The molecule has 0 amide bonds. The first kappa shape index (κ1) is 16.9. The Morgan fingerprint density at radius 1 is 1.28 bits per heavy atom. The number of rotatable bonds is 4. The maximum atomic E-state index is 13.4. The molecular formula is C19H17ClN2OS2. The van der Waals surface area contributed by atoms with Crippen LogP contribution < -0.4 is 5.56 Å². The van der Waals surface area contributed by atoms with Gasteiger partial charge in [-0.2, -0.15) is 0 Å². The van der Waals surface area contributed by atoms with Gasteiger partial charge >= 0.3 is 0 Å². The summed E-state index contributed by atoms with van der Waals surface area (Å²) in [5.74, 6) is 0.705. The lowest BCUT2D eigenvalue weighted by Gasteiger charge is -2.13. The standard InChI is InChI=1S/C19H17ClN2OS2/c1-2-11-24-19-21-17-16(14-5-3-4-6-15(14)25-17)18(23)22(19)13-9-7-12(20)8-10-13/h2,7-10H,1,3-6,11H2. The number of hydrogen-bond acceptors (Lipinski definition) is 4. The highest BCUT2D eigenvalue weighted by molar-refractivity contribution is 7.99. The van der Waals surface area contributed by atoms with Gasteiger partial charge in [0, 0.05) is 15.7 Å². The molecular weight excluding hydrogens is 372 g/mol. The van der Waals surface area contributed by atoms with Crippen molar-refractivity contribution in [3.8, 4) is 5.69 Å². The van der Waals surface area contributed by atoms with E-state index in [1.165, 1.54) is 28.6 Å². The summed E-state index contributed by atoms with van der Waals surface area (Å²) in [6.07, 6.45) is 6.21. The molecule has 0 bridgehead atoms. The molecule has 0 aliphatic heterocycles. The van der Waals surface area contributed by atoms with Crippen molar-refractivity contribution in [1.29, 1.82) is 0 Å². The fourth-order valence-electron chi connectivity index (χ4n) is 3.23. The zero-order valence-electron chi connectivity index (χ0n) is 13.6. The van der Waals surface area contributed by atoms with Gasteiger partial charge in [0.15, 0.2) is 5.16 Å². The highest BCUT2D eigenvalue weighted by atomic mass is 35.5. The van der Waals surface area contributed by atoms with Crippen LogP contribution in [-0.4, -0.2) is 15.3 Å². The Morgan fingerprint density at radius 2 is 2.04 bits per heavy atom. The summed E-state index contributed by atoms with van der Waals surface area (Å²) in [4.78, 5) is 20.4. The summed E-state index contributed by atoms with van der Waals surface area (Å²) in [5.41, 5.74) is 2.04. The fourth-order valence-corrected chi connectivity index (χ4v) is 5.41. The van der Waals surface area contributed by atoms with Gasteiger partial charge < -0.3 is 0 Å². The summed E-state index contributed by atoms with van der Waals surface area (Å²) in [6.45, 7) is 3.78. The van der Waals surface area contributed by atoms with E-state index in [1.54, 1.807) is 28.0 Å². The third-order valence-electron chi connectivity index (χ3n) is 4.37. The highest BCUT2D eigenvalue weighted by Gasteiger charge is 2.22. The normalized spacial score (nSPS) is 13.8. The largest absolute Gasteiger partial charge is 0.268 e. The Labute approximate surface area is 159 Å². The third kappa shape index (κ3) is 3.05. The third-order valence-corrected chi connectivity index (χ3v) is 6.75. The van der Waals surface area contributed by atoms with Gasteiger partial charge in [-0.1, -0.05) is 29.4 Å². The molecule has 2 aromatic heterocycles. The number of hydrogen-bond donors (Lipinski definition) is 0. The lowest BCUT2D eigenvalue weighted by molar-refractivity contribution is 0.699. The zero-order chi connectivity index (χ0) is 17.4. The van der Waals surface area contributed by atoms with Crippen molar-refractivity contribution < 1.29 is 0 Å². The van der Waals surface area contributed by atoms with Crippen molar-refractivity contribution in [3.63, 3.8) is 0 Å². The van der Waals surface area contributed by atoms with Crippen molar-refractivity contribution in [2.24, 2.45) is 0 Å². The lowest BCUT2D eigenvalue weighted by Crippen LogP contribution is -2.22. The van der Waals surface area contributed by atoms with Crippen LogP contribution in [0.1, 0.15) is 23.3 Å². The number of halogens is 1. The molecule has 0 N–H and O–H groups in total. The molecule has 0 radical (unpaired) electrons. The van der Waals surface area contributed by atoms with E-state index in [4.69, 9.17) is 16.6 Å². The maximum absolute atomic E-state index is 13.4. The molecule has 0 saturated carbocycles. The van der Waals surface area contributed by atoms with Crippen molar-refractivity contribution in [3.05, 3.63) is 62.7 Å². The van der Waals surface area contributed by atoms with Crippen LogP contribution in [0.4, 0.5) is 0 Å². The van der Waals surface area contributed by atoms with Crippen LogP contribution in [0.25, 0.3) is 15.9 Å². The van der Waals surface area contributed by atoms with Crippen molar-refractivity contribution in [2.45, 2.75) is 30.8 Å². The average Bonchev–Trinajstić information content (AvgIpc) is 2.99. The van der Waals surface area contributed by atoms with Crippen LogP contribution in [0.3, 0.4) is 0 Å². The molecule has 3 aromatic rings. The second kappa shape index (κ2) is 6.98. The molecule has 0 unspecified atom stereocenters. The van der Waals surface area contributed by atoms with Crippen molar-refractivity contribution in [1.82, 2.24) is 9.55 Å². The second-order valence-electron chi connectivity index (χ2n) is 6.00. The van der Waals surface area contributed by atoms with Crippen LogP contribution in [-0.2, 0) is 12.8 Å². The molecule has 0 saturated heterocycles. The Balaban J connectivity index is 2.00. The first-order valence-corrected chi connectivity index (χ1v) is 10.4. The molecule has 1 aliphatic rings. The molecule has 2 heterocycles. The molecule has 0 spiro atoms. The fraction of sp³-hybridized carbons (Fsp3) is 0.263. The first-order chi connectivity index (χ1) is 12.2. The molecule has 25 heavy (non-hydrogen) atoms. The van der Waals surface area contributed by atoms with Crippen molar-refractivity contribution in [2.75, 3.05) is 5.75 Å². The van der Waals surface area contributed by atoms with Crippen molar-refractivity contribution >= 4 is 44.9 Å². The Hall–Kier alpha value is -1.56. The van der Waals surface area contributed by atoms with Gasteiger partial charge in [0.1, 0.15) is 4.83 Å². The number of nitrogens with zero attached hydrogens (tertiary/aromatic N) is 2. The molecule has 4 rings (SSSR count). The van der Waals surface area contributed by atoms with Crippen LogP contribution >= 0.6 is 34.7 Å². The minimum Gasteiger partial charge on any atom is -0.268 e. The monoisotopic (exact) mass is 388 g/mol. The average molecular weight is 389 g/mol. The predicted molar refractivity (Wildman–Crippen MR) is 108 cm³/mol. The van der Waals surface area contributed by atoms with E-state index in [9.17, 15) is 4.79 Å². The summed E-state index contributed by atoms with van der Waals surface area (Å²) >= 11 is 9.23. The number of benzene rings is 1. The minimum absolute atomic E-state index is 0.0262. The minimum atomic E-state index is 0.0262. The second-order valence-corrected chi connectivity index (χ2v) is 8.51. The molecule has 1 aromatic carbocycles. The van der Waals surface area contributed by atoms with E-state index in [0.29, 0.717) is 15.9 Å². The zero-order valence-corrected chi connectivity index (χ0v) is 16.0. The lowest BCUT2D eigenvalue weighted by atomic mass is 9.97. The number of fused-ring (bicyclic) bond motifs is 3. The number of thioether (sulfide) groups is 1. The van der Waals surface area contributed by atoms with Gasteiger partial charge in [-0.05, 0) is 55.5 Å². The SMILES string of the molecule is C=CCSc1nc2sc3c(c2c(=O)n1-c1ccc(Cl)cc1)CCCC3. The molecule has 0 fully saturated rings. The van der Waals surface area contributed by atoms with Gasteiger partial charge in [0.25, 0.3) is 5.56 Å². The highest BCUT2D eigenvalue weighted by Crippen LogP contribution is 2.35. The van der Waals surface area contributed by atoms with Crippen LogP contribution in [0.5, 0.6) is 0 Å². The molecule has 1 aliphatic carbocycles. The van der Waals surface area contributed by atoms with E-state index in [2.05, 4.69) is 6.58 Å². The Bertz CT molecular complexity index is 1000. The maximum Gasteiger partial charge on any atom is 0.267 e. The molecule has 6 heteroatoms. The van der Waals surface area contributed by atoms with E-state index >= 15 is 0 Å². The van der Waals surface area contributed by atoms with Gasteiger partial charge in [0.2, 0.25) is 0 Å². The molecule has 0 atom stereocenters. The summed E-state index contributed by atoms with van der Waals surface area (Å²) in [5, 5.41) is 2.16. The summed E-state index contributed by atoms with van der Waals surface area (Å²) in [6, 6.07) is 7.35. The smallest absolute Gasteiger partial charge is 0.267 e. The van der Waals surface area contributed by atoms with E-state index in [-0.39, 0.29) is 5.56 Å². The number of aromatic nitrogens is 2. The number of aryl methyl sites for hydroxylation is 2.